The van der Waals surface area contributed by atoms with Crippen LogP contribution in [0.15, 0.2) is 46.9 Å². The number of benzene rings is 2. The van der Waals surface area contributed by atoms with E-state index in [1.807, 2.05) is 0 Å². The molecule has 4 nitrogen and oxygen atoms in total. The number of nitrogens with one attached hydrogen (secondary N) is 1. The van der Waals surface area contributed by atoms with Gasteiger partial charge in [-0.2, -0.15) is 0 Å². The van der Waals surface area contributed by atoms with E-state index in [0.29, 0.717) is 10.6 Å². The molecule has 102 valence electrons. The van der Waals surface area contributed by atoms with Gasteiger partial charge in [-0.3, -0.25) is 9.59 Å². The molecule has 0 unspecified atom stereocenters. The molecule has 0 bridgehead atoms. The maximum atomic E-state index is 12.1. The molecule has 2 aromatic carbocycles. The van der Waals surface area contributed by atoms with Crippen LogP contribution < -0.4 is 11.1 Å². The Labute approximate surface area is 129 Å². The number of halogens is 2. The van der Waals surface area contributed by atoms with Crippen molar-refractivity contribution >= 4 is 45.0 Å². The van der Waals surface area contributed by atoms with Gasteiger partial charge < -0.3 is 11.1 Å². The van der Waals surface area contributed by atoms with Crippen LogP contribution in [-0.2, 0) is 0 Å². The summed E-state index contributed by atoms with van der Waals surface area (Å²) in [5.74, 6) is -0.977. The highest BCUT2D eigenvalue weighted by Crippen LogP contribution is 2.21. The Balaban J connectivity index is 2.29. The summed E-state index contributed by atoms with van der Waals surface area (Å²) in [6.07, 6.45) is 0. The molecule has 2 aromatic rings. The molecule has 0 atom stereocenters. The highest BCUT2D eigenvalue weighted by molar-refractivity contribution is 9.10. The van der Waals surface area contributed by atoms with Crippen LogP contribution in [0.1, 0.15) is 20.7 Å². The highest BCUT2D eigenvalue weighted by Gasteiger charge is 2.12. The lowest BCUT2D eigenvalue weighted by Crippen LogP contribution is -2.18. The maximum Gasteiger partial charge on any atom is 0.255 e. The highest BCUT2D eigenvalue weighted by atomic mass is 79.9. The summed E-state index contributed by atoms with van der Waals surface area (Å²) >= 11 is 9.15. The van der Waals surface area contributed by atoms with Gasteiger partial charge in [0.15, 0.2) is 0 Å². The number of carbonyl (C=O) groups excluding carboxylic acids is 2. The summed E-state index contributed by atoms with van der Waals surface area (Å²) in [5.41, 5.74) is 6.22. The molecular formula is C14H10BrClN2O2. The summed E-state index contributed by atoms with van der Waals surface area (Å²) in [5, 5.41) is 3.03. The van der Waals surface area contributed by atoms with E-state index in [0.717, 1.165) is 4.47 Å². The standard InChI is InChI=1S/C14H10BrClN2O2/c15-9-3-1-8(2-4-9)14(20)18-12-7-10(16)5-6-11(12)13(17)19/h1-7H,(H2,17,19)(H,18,20). The maximum absolute atomic E-state index is 12.1. The van der Waals surface area contributed by atoms with Crippen LogP contribution in [0, 0.1) is 0 Å². The third-order valence-corrected chi connectivity index (χ3v) is 3.37. The van der Waals surface area contributed by atoms with Gasteiger partial charge in [0.2, 0.25) is 0 Å². The van der Waals surface area contributed by atoms with Crippen molar-refractivity contribution in [1.82, 2.24) is 0 Å². The van der Waals surface area contributed by atoms with E-state index in [1.165, 1.54) is 18.2 Å². The molecule has 0 radical (unpaired) electrons. The normalized spacial score (nSPS) is 10.1. The molecule has 2 rings (SSSR count). The molecule has 0 spiro atoms. The lowest BCUT2D eigenvalue weighted by Gasteiger charge is -2.09. The quantitative estimate of drug-likeness (QED) is 0.887. The van der Waals surface area contributed by atoms with Gasteiger partial charge >= 0.3 is 0 Å². The van der Waals surface area contributed by atoms with E-state index in [2.05, 4.69) is 21.2 Å². The van der Waals surface area contributed by atoms with Crippen molar-refractivity contribution in [1.29, 1.82) is 0 Å². The van der Waals surface area contributed by atoms with E-state index >= 15 is 0 Å². The summed E-state index contributed by atoms with van der Waals surface area (Å²) in [7, 11) is 0. The van der Waals surface area contributed by atoms with Crippen molar-refractivity contribution in [3.63, 3.8) is 0 Å². The molecule has 2 amide bonds. The first-order chi connectivity index (χ1) is 9.47. The minimum Gasteiger partial charge on any atom is -0.366 e. The molecule has 0 saturated carbocycles. The van der Waals surface area contributed by atoms with Gasteiger partial charge in [0.1, 0.15) is 0 Å². The van der Waals surface area contributed by atoms with Crippen molar-refractivity contribution in [2.75, 3.05) is 5.32 Å². The Bertz CT molecular complexity index is 671. The first-order valence-electron chi connectivity index (χ1n) is 5.63. The number of anilines is 1. The van der Waals surface area contributed by atoms with Gasteiger partial charge in [0, 0.05) is 15.1 Å². The van der Waals surface area contributed by atoms with Crippen LogP contribution in [0.3, 0.4) is 0 Å². The van der Waals surface area contributed by atoms with Crippen molar-refractivity contribution < 1.29 is 9.59 Å². The summed E-state index contributed by atoms with van der Waals surface area (Å²) in [6.45, 7) is 0. The molecule has 20 heavy (non-hydrogen) atoms. The Morgan fingerprint density at radius 1 is 1.10 bits per heavy atom. The monoisotopic (exact) mass is 352 g/mol. The molecular weight excluding hydrogens is 344 g/mol. The predicted octanol–water partition coefficient (Wildman–Crippen LogP) is 3.45. The Morgan fingerprint density at radius 2 is 1.75 bits per heavy atom. The fourth-order valence-corrected chi connectivity index (χ4v) is 2.07. The minimum atomic E-state index is -0.632. The van der Waals surface area contributed by atoms with Crippen LogP contribution in [-0.4, -0.2) is 11.8 Å². The first-order valence-corrected chi connectivity index (χ1v) is 6.81. The van der Waals surface area contributed by atoms with Crippen molar-refractivity contribution in [3.05, 3.63) is 63.1 Å². The van der Waals surface area contributed by atoms with Gasteiger partial charge in [0.25, 0.3) is 11.8 Å². The first kappa shape index (κ1) is 14.6. The van der Waals surface area contributed by atoms with Crippen LogP contribution in [0.4, 0.5) is 5.69 Å². The van der Waals surface area contributed by atoms with Crippen LogP contribution in [0.2, 0.25) is 5.02 Å². The second-order valence-corrected chi connectivity index (χ2v) is 5.37. The van der Waals surface area contributed by atoms with Gasteiger partial charge in [-0.15, -0.1) is 0 Å². The Hall–Kier alpha value is -1.85. The molecule has 6 heteroatoms. The number of amides is 2. The number of hydrogen-bond acceptors (Lipinski definition) is 2. The zero-order valence-electron chi connectivity index (χ0n) is 10.2. The molecule has 3 N–H and O–H groups in total. The molecule has 0 aliphatic rings. The van der Waals surface area contributed by atoms with E-state index in [1.54, 1.807) is 24.3 Å². The van der Waals surface area contributed by atoms with Crippen LogP contribution in [0.5, 0.6) is 0 Å². The molecule has 0 heterocycles. The zero-order valence-corrected chi connectivity index (χ0v) is 12.5. The second kappa shape index (κ2) is 6.07. The van der Waals surface area contributed by atoms with E-state index in [9.17, 15) is 9.59 Å². The van der Waals surface area contributed by atoms with Gasteiger partial charge in [0.05, 0.1) is 11.3 Å². The third-order valence-electron chi connectivity index (χ3n) is 2.60. The minimum absolute atomic E-state index is 0.208. The van der Waals surface area contributed by atoms with Gasteiger partial charge in [-0.25, -0.2) is 0 Å². The van der Waals surface area contributed by atoms with Crippen LogP contribution in [0.25, 0.3) is 0 Å². The average Bonchev–Trinajstić information content (AvgIpc) is 2.39. The number of hydrogen-bond donors (Lipinski definition) is 2. The Kier molecular flexibility index (Phi) is 4.42. The fourth-order valence-electron chi connectivity index (χ4n) is 1.63. The largest absolute Gasteiger partial charge is 0.366 e. The number of carbonyl (C=O) groups is 2. The predicted molar refractivity (Wildman–Crippen MR) is 82.1 cm³/mol. The average molecular weight is 354 g/mol. The summed E-state index contributed by atoms with van der Waals surface area (Å²) in [6, 6.07) is 11.3. The smallest absolute Gasteiger partial charge is 0.255 e. The van der Waals surface area contributed by atoms with Crippen LogP contribution >= 0.6 is 27.5 Å². The lowest BCUT2D eigenvalue weighted by atomic mass is 10.1. The van der Waals surface area contributed by atoms with Gasteiger partial charge in [-0.05, 0) is 42.5 Å². The van der Waals surface area contributed by atoms with E-state index in [-0.39, 0.29) is 17.2 Å². The Morgan fingerprint density at radius 3 is 2.35 bits per heavy atom. The van der Waals surface area contributed by atoms with Gasteiger partial charge in [-0.1, -0.05) is 27.5 Å². The molecule has 0 aliphatic heterocycles. The molecule has 0 saturated heterocycles. The molecule has 0 aromatic heterocycles. The molecule has 0 fully saturated rings. The third kappa shape index (κ3) is 3.37. The second-order valence-electron chi connectivity index (χ2n) is 4.02. The number of rotatable bonds is 3. The lowest BCUT2D eigenvalue weighted by molar-refractivity contribution is 0.100. The summed E-state index contributed by atoms with van der Waals surface area (Å²) < 4.78 is 0.870. The van der Waals surface area contributed by atoms with Crippen molar-refractivity contribution in [2.24, 2.45) is 5.73 Å². The molecule has 0 aliphatic carbocycles. The zero-order chi connectivity index (χ0) is 14.7. The fraction of sp³-hybridized carbons (Fsp3) is 0. The van der Waals surface area contributed by atoms with E-state index < -0.39 is 5.91 Å². The number of nitrogens with two attached hydrogens (primary N) is 1. The SMILES string of the molecule is NC(=O)c1ccc(Cl)cc1NC(=O)c1ccc(Br)cc1. The number of primary amides is 1. The summed E-state index contributed by atoms with van der Waals surface area (Å²) in [4.78, 5) is 23.4. The van der Waals surface area contributed by atoms with Crippen molar-refractivity contribution in [2.45, 2.75) is 0 Å². The topological polar surface area (TPSA) is 72.2 Å². The van der Waals surface area contributed by atoms with Crippen molar-refractivity contribution in [3.8, 4) is 0 Å². The van der Waals surface area contributed by atoms with E-state index in [4.69, 9.17) is 17.3 Å².